The van der Waals surface area contributed by atoms with Crippen LogP contribution >= 0.6 is 11.8 Å². The molecule has 0 fully saturated rings. The summed E-state index contributed by atoms with van der Waals surface area (Å²) in [4.78, 5) is 12.7. The van der Waals surface area contributed by atoms with Crippen LogP contribution in [0, 0.1) is 0 Å². The Labute approximate surface area is 149 Å². The maximum Gasteiger partial charge on any atom is 0.288 e. The van der Waals surface area contributed by atoms with E-state index in [9.17, 15) is 13.6 Å². The second kappa shape index (κ2) is 8.71. The zero-order chi connectivity index (χ0) is 18.4. The standard InChI is InChI=1S/C18H19F2NO3S/c1-11(13-6-9-15(23-2)16(10-13)24-3)21-17(22)12-4-7-14(8-5-12)25-18(19)20/h4-11,18H,1-3H3,(H,21,22). The molecule has 0 aliphatic heterocycles. The van der Waals surface area contributed by atoms with Gasteiger partial charge in [-0.15, -0.1) is 0 Å². The molecule has 0 radical (unpaired) electrons. The van der Waals surface area contributed by atoms with E-state index in [0.29, 0.717) is 33.7 Å². The third kappa shape index (κ3) is 5.09. The van der Waals surface area contributed by atoms with Crippen LogP contribution in [-0.4, -0.2) is 25.9 Å². The molecule has 2 aromatic rings. The summed E-state index contributed by atoms with van der Waals surface area (Å²) in [5.41, 5.74) is 1.27. The maximum atomic E-state index is 12.3. The Morgan fingerprint density at radius 3 is 2.24 bits per heavy atom. The summed E-state index contributed by atoms with van der Waals surface area (Å²) in [6.45, 7) is 1.85. The highest BCUT2D eigenvalue weighted by atomic mass is 32.2. The van der Waals surface area contributed by atoms with Crippen molar-refractivity contribution in [2.45, 2.75) is 23.6 Å². The number of alkyl halides is 2. The number of hydrogen-bond donors (Lipinski definition) is 1. The number of rotatable bonds is 7. The van der Waals surface area contributed by atoms with Gasteiger partial charge < -0.3 is 14.8 Å². The summed E-state index contributed by atoms with van der Waals surface area (Å²) in [5.74, 6) is -1.58. The Morgan fingerprint density at radius 1 is 1.04 bits per heavy atom. The minimum absolute atomic E-state index is 0.262. The number of carbonyl (C=O) groups excluding carboxylic acids is 1. The van der Waals surface area contributed by atoms with E-state index < -0.39 is 5.76 Å². The number of carbonyl (C=O) groups is 1. The highest BCUT2D eigenvalue weighted by molar-refractivity contribution is 7.99. The van der Waals surface area contributed by atoms with Gasteiger partial charge in [-0.2, -0.15) is 8.78 Å². The van der Waals surface area contributed by atoms with Gasteiger partial charge in [0.15, 0.2) is 11.5 Å². The maximum absolute atomic E-state index is 12.3. The number of hydrogen-bond acceptors (Lipinski definition) is 4. The van der Waals surface area contributed by atoms with Crippen molar-refractivity contribution in [2.24, 2.45) is 0 Å². The van der Waals surface area contributed by atoms with Crippen molar-refractivity contribution in [1.29, 1.82) is 0 Å². The first-order chi connectivity index (χ1) is 11.9. The van der Waals surface area contributed by atoms with E-state index in [0.717, 1.165) is 5.56 Å². The highest BCUT2D eigenvalue weighted by Gasteiger charge is 2.14. The van der Waals surface area contributed by atoms with Gasteiger partial charge in [-0.05, 0) is 48.9 Å². The van der Waals surface area contributed by atoms with Gasteiger partial charge >= 0.3 is 0 Å². The average Bonchev–Trinajstić information content (AvgIpc) is 2.61. The van der Waals surface area contributed by atoms with Gasteiger partial charge in [-0.25, -0.2) is 0 Å². The summed E-state index contributed by atoms with van der Waals surface area (Å²) >= 11 is 0.446. The highest BCUT2D eigenvalue weighted by Crippen LogP contribution is 2.30. The van der Waals surface area contributed by atoms with Crippen LogP contribution < -0.4 is 14.8 Å². The SMILES string of the molecule is COc1ccc(C(C)NC(=O)c2ccc(SC(F)F)cc2)cc1OC. The quantitative estimate of drug-likeness (QED) is 0.732. The Balaban J connectivity index is 2.06. The van der Waals surface area contributed by atoms with E-state index in [2.05, 4.69) is 5.32 Å². The lowest BCUT2D eigenvalue weighted by Crippen LogP contribution is -2.26. The molecule has 2 rings (SSSR count). The molecular formula is C18H19F2NO3S. The van der Waals surface area contributed by atoms with Crippen LogP contribution in [0.1, 0.15) is 28.9 Å². The van der Waals surface area contributed by atoms with E-state index >= 15 is 0 Å². The molecule has 1 N–H and O–H groups in total. The summed E-state index contributed by atoms with van der Waals surface area (Å²) in [6.07, 6.45) is 0. The summed E-state index contributed by atoms with van der Waals surface area (Å²) in [7, 11) is 3.10. The molecule has 0 saturated heterocycles. The van der Waals surface area contributed by atoms with Crippen molar-refractivity contribution >= 4 is 17.7 Å². The van der Waals surface area contributed by atoms with Crippen LogP contribution in [0.3, 0.4) is 0 Å². The number of ether oxygens (including phenoxy) is 2. The smallest absolute Gasteiger partial charge is 0.288 e. The number of nitrogens with one attached hydrogen (secondary N) is 1. The van der Waals surface area contributed by atoms with Crippen molar-refractivity contribution in [2.75, 3.05) is 14.2 Å². The Morgan fingerprint density at radius 2 is 1.68 bits per heavy atom. The van der Waals surface area contributed by atoms with Gasteiger partial charge in [0.05, 0.1) is 20.3 Å². The van der Waals surface area contributed by atoms with E-state index in [1.165, 1.54) is 24.3 Å². The van der Waals surface area contributed by atoms with Crippen molar-refractivity contribution < 1.29 is 23.0 Å². The van der Waals surface area contributed by atoms with Gasteiger partial charge in [0.2, 0.25) is 0 Å². The van der Waals surface area contributed by atoms with Gasteiger partial charge in [0, 0.05) is 10.5 Å². The van der Waals surface area contributed by atoms with Crippen LogP contribution in [0.5, 0.6) is 11.5 Å². The second-order valence-electron chi connectivity index (χ2n) is 5.21. The number of methoxy groups -OCH3 is 2. The molecule has 0 heterocycles. The van der Waals surface area contributed by atoms with E-state index in [1.807, 2.05) is 13.0 Å². The minimum atomic E-state index is -2.48. The van der Waals surface area contributed by atoms with Crippen molar-refractivity contribution in [3.8, 4) is 11.5 Å². The molecule has 7 heteroatoms. The molecule has 134 valence electrons. The van der Waals surface area contributed by atoms with Crippen molar-refractivity contribution in [1.82, 2.24) is 5.32 Å². The molecule has 0 spiro atoms. The van der Waals surface area contributed by atoms with Crippen LogP contribution in [0.4, 0.5) is 8.78 Å². The Bertz CT molecular complexity index is 723. The zero-order valence-corrected chi connectivity index (χ0v) is 14.9. The number of thioether (sulfide) groups is 1. The molecule has 0 aromatic heterocycles. The number of halogens is 2. The van der Waals surface area contributed by atoms with Gasteiger partial charge in [0.1, 0.15) is 0 Å². The molecule has 0 aliphatic rings. The van der Waals surface area contributed by atoms with Crippen LogP contribution in [-0.2, 0) is 0 Å². The van der Waals surface area contributed by atoms with Gasteiger partial charge in [-0.3, -0.25) is 4.79 Å². The van der Waals surface area contributed by atoms with E-state index in [4.69, 9.17) is 9.47 Å². The molecule has 0 aliphatic carbocycles. The first-order valence-corrected chi connectivity index (χ1v) is 8.40. The fraction of sp³-hybridized carbons (Fsp3) is 0.278. The van der Waals surface area contributed by atoms with Gasteiger partial charge in [-0.1, -0.05) is 17.8 Å². The predicted molar refractivity (Wildman–Crippen MR) is 93.7 cm³/mol. The topological polar surface area (TPSA) is 47.6 Å². The Kier molecular flexibility index (Phi) is 6.64. The molecule has 25 heavy (non-hydrogen) atoms. The summed E-state index contributed by atoms with van der Waals surface area (Å²) in [6, 6.07) is 11.2. The summed E-state index contributed by atoms with van der Waals surface area (Å²) < 4.78 is 35.1. The predicted octanol–water partition coefficient (Wildman–Crippen LogP) is 4.51. The third-order valence-corrected chi connectivity index (χ3v) is 4.32. The molecular weight excluding hydrogens is 348 g/mol. The molecule has 0 bridgehead atoms. The fourth-order valence-electron chi connectivity index (χ4n) is 2.27. The number of amides is 1. The third-order valence-electron chi connectivity index (χ3n) is 3.60. The zero-order valence-electron chi connectivity index (χ0n) is 14.1. The molecule has 4 nitrogen and oxygen atoms in total. The van der Waals surface area contributed by atoms with Crippen LogP contribution in [0.15, 0.2) is 47.4 Å². The fourth-order valence-corrected chi connectivity index (χ4v) is 2.77. The first-order valence-electron chi connectivity index (χ1n) is 7.52. The minimum Gasteiger partial charge on any atom is -0.493 e. The van der Waals surface area contributed by atoms with Crippen molar-refractivity contribution in [3.05, 3.63) is 53.6 Å². The van der Waals surface area contributed by atoms with E-state index in [-0.39, 0.29) is 11.9 Å². The van der Waals surface area contributed by atoms with Crippen LogP contribution in [0.25, 0.3) is 0 Å². The lowest BCUT2D eigenvalue weighted by atomic mass is 10.1. The first kappa shape index (κ1) is 19.1. The lowest BCUT2D eigenvalue weighted by Gasteiger charge is -2.16. The Hall–Kier alpha value is -2.28. The monoisotopic (exact) mass is 367 g/mol. The van der Waals surface area contributed by atoms with Gasteiger partial charge in [0.25, 0.3) is 11.7 Å². The van der Waals surface area contributed by atoms with Crippen molar-refractivity contribution in [3.63, 3.8) is 0 Å². The van der Waals surface area contributed by atoms with E-state index in [1.54, 1.807) is 26.4 Å². The lowest BCUT2D eigenvalue weighted by molar-refractivity contribution is 0.0939. The summed E-state index contributed by atoms with van der Waals surface area (Å²) in [5, 5.41) is 2.87. The molecule has 2 aromatic carbocycles. The number of benzene rings is 2. The normalized spacial score (nSPS) is 11.9. The largest absolute Gasteiger partial charge is 0.493 e. The van der Waals surface area contributed by atoms with Crippen LogP contribution in [0.2, 0.25) is 0 Å². The second-order valence-corrected chi connectivity index (χ2v) is 6.28. The average molecular weight is 367 g/mol. The molecule has 1 amide bonds. The molecule has 0 saturated carbocycles. The molecule has 1 atom stereocenters. The molecule has 1 unspecified atom stereocenters.